The van der Waals surface area contributed by atoms with E-state index in [9.17, 15) is 14.4 Å². The Balaban J connectivity index is 1.43. The summed E-state index contributed by atoms with van der Waals surface area (Å²) in [7, 11) is 3.92. The molecule has 10 heteroatoms. The molecular weight excluding hydrogens is 573 g/mol. The number of halogens is 2. The van der Waals surface area contributed by atoms with E-state index in [1.807, 2.05) is 60.3 Å². The van der Waals surface area contributed by atoms with Gasteiger partial charge < -0.3 is 19.9 Å². The van der Waals surface area contributed by atoms with Gasteiger partial charge in [-0.05, 0) is 61.5 Å². The third-order valence-electron chi connectivity index (χ3n) is 7.06. The Bertz CT molecular complexity index is 1650. The van der Waals surface area contributed by atoms with Crippen molar-refractivity contribution in [3.8, 4) is 6.07 Å². The fourth-order valence-electron chi connectivity index (χ4n) is 4.96. The van der Waals surface area contributed by atoms with E-state index >= 15 is 0 Å². The quantitative estimate of drug-likeness (QED) is 0.213. The molecule has 0 radical (unpaired) electrons. The molecule has 0 saturated heterocycles. The first kappa shape index (κ1) is 29.7. The third-order valence-corrected chi connectivity index (χ3v) is 8.44. The van der Waals surface area contributed by atoms with Crippen molar-refractivity contribution >= 4 is 44.7 Å². The van der Waals surface area contributed by atoms with Gasteiger partial charge in [0.25, 0.3) is 0 Å². The predicted molar refractivity (Wildman–Crippen MR) is 165 cm³/mol. The molecule has 0 unspecified atom stereocenters. The number of carbonyl (C=O) groups is 1. The van der Waals surface area contributed by atoms with Crippen LogP contribution in [0, 0.1) is 17.1 Å². The summed E-state index contributed by atoms with van der Waals surface area (Å²) in [5.74, 6) is -0.323. The molecule has 0 fully saturated rings. The SMILES string of the molecule is CN(C)CC=CC(=O)N1CCc2c(sc3ncc(C#N)c(N[C@H](COCc4cccc(F)c4)c4ccc(Cl)cc4)c23)C1. The minimum absolute atomic E-state index is 0.0118. The van der Waals surface area contributed by atoms with E-state index in [-0.39, 0.29) is 31.0 Å². The maximum atomic E-state index is 13.7. The number of thiophene rings is 1. The molecule has 7 nitrogen and oxygen atoms in total. The minimum Gasteiger partial charge on any atom is -0.374 e. The Kier molecular flexibility index (Phi) is 9.50. The highest BCUT2D eigenvalue weighted by Gasteiger charge is 2.27. The second-order valence-corrected chi connectivity index (χ2v) is 11.9. The molecule has 2 aromatic heterocycles. The summed E-state index contributed by atoms with van der Waals surface area (Å²) in [6, 6.07) is 15.8. The summed E-state index contributed by atoms with van der Waals surface area (Å²) in [4.78, 5) is 23.2. The smallest absolute Gasteiger partial charge is 0.246 e. The molecular formula is C32H31ClFN5O2S. The first-order valence-electron chi connectivity index (χ1n) is 13.6. The number of anilines is 1. The van der Waals surface area contributed by atoms with E-state index < -0.39 is 0 Å². The molecule has 0 spiro atoms. The number of nitrogens with zero attached hydrogens (tertiary/aromatic N) is 4. The van der Waals surface area contributed by atoms with Crippen LogP contribution in [0.3, 0.4) is 0 Å². The summed E-state index contributed by atoms with van der Waals surface area (Å²) in [6.07, 6.45) is 5.76. The number of hydrogen-bond acceptors (Lipinski definition) is 7. The molecule has 1 amide bonds. The molecule has 3 heterocycles. The van der Waals surface area contributed by atoms with E-state index in [0.29, 0.717) is 42.3 Å². The highest BCUT2D eigenvalue weighted by Crippen LogP contribution is 2.41. The lowest BCUT2D eigenvalue weighted by Gasteiger charge is -2.27. The van der Waals surface area contributed by atoms with Gasteiger partial charge in [0, 0.05) is 40.6 Å². The second kappa shape index (κ2) is 13.4. The van der Waals surface area contributed by atoms with Crippen molar-refractivity contribution in [1.29, 1.82) is 5.26 Å². The predicted octanol–water partition coefficient (Wildman–Crippen LogP) is 6.33. The van der Waals surface area contributed by atoms with Crippen LogP contribution in [-0.4, -0.2) is 54.5 Å². The van der Waals surface area contributed by atoms with Gasteiger partial charge in [0.2, 0.25) is 5.91 Å². The van der Waals surface area contributed by atoms with Crippen LogP contribution in [0.5, 0.6) is 0 Å². The van der Waals surface area contributed by atoms with Crippen LogP contribution in [-0.2, 0) is 29.1 Å². The van der Waals surface area contributed by atoms with E-state index in [1.165, 1.54) is 12.1 Å². The van der Waals surface area contributed by atoms with Gasteiger partial charge >= 0.3 is 0 Å². The monoisotopic (exact) mass is 603 g/mol. The van der Waals surface area contributed by atoms with Crippen molar-refractivity contribution in [3.05, 3.63) is 105 Å². The van der Waals surface area contributed by atoms with Crippen molar-refractivity contribution in [2.45, 2.75) is 25.6 Å². The number of ether oxygens (including phenoxy) is 1. The van der Waals surface area contributed by atoms with Crippen LogP contribution < -0.4 is 5.32 Å². The van der Waals surface area contributed by atoms with Gasteiger partial charge in [0.05, 0.1) is 37.1 Å². The summed E-state index contributed by atoms with van der Waals surface area (Å²) in [5, 5.41) is 15.2. The summed E-state index contributed by atoms with van der Waals surface area (Å²) < 4.78 is 19.7. The zero-order valence-electron chi connectivity index (χ0n) is 23.4. The van der Waals surface area contributed by atoms with Crippen LogP contribution >= 0.6 is 22.9 Å². The number of benzene rings is 2. The number of hydrogen-bond donors (Lipinski definition) is 1. The second-order valence-electron chi connectivity index (χ2n) is 10.4. The molecule has 4 aromatic rings. The molecule has 1 atom stereocenters. The number of amides is 1. The van der Waals surface area contributed by atoms with E-state index in [1.54, 1.807) is 29.7 Å². The number of nitrogens with one attached hydrogen (secondary N) is 1. The van der Waals surface area contributed by atoms with E-state index in [4.69, 9.17) is 16.3 Å². The van der Waals surface area contributed by atoms with Crippen LogP contribution in [0.1, 0.15) is 33.2 Å². The Morgan fingerprint density at radius 2 is 2.12 bits per heavy atom. The highest BCUT2D eigenvalue weighted by atomic mass is 35.5. The Hall–Kier alpha value is -3.81. The summed E-state index contributed by atoms with van der Waals surface area (Å²) in [5.41, 5.74) is 3.89. The van der Waals surface area contributed by atoms with Crippen LogP contribution in [0.25, 0.3) is 10.2 Å². The molecule has 0 bridgehead atoms. The Morgan fingerprint density at radius 1 is 1.31 bits per heavy atom. The van der Waals surface area contributed by atoms with Crippen LogP contribution in [0.15, 0.2) is 66.9 Å². The van der Waals surface area contributed by atoms with Gasteiger partial charge in [-0.2, -0.15) is 5.26 Å². The number of nitriles is 1. The number of aromatic nitrogens is 1. The molecule has 2 aromatic carbocycles. The van der Waals surface area contributed by atoms with Crippen LogP contribution in [0.2, 0.25) is 5.02 Å². The highest BCUT2D eigenvalue weighted by molar-refractivity contribution is 7.19. The maximum Gasteiger partial charge on any atom is 0.246 e. The fourth-order valence-corrected chi connectivity index (χ4v) is 6.30. The first-order chi connectivity index (χ1) is 20.3. The van der Waals surface area contributed by atoms with Crippen LogP contribution in [0.4, 0.5) is 10.1 Å². The molecule has 5 rings (SSSR count). The van der Waals surface area contributed by atoms with E-state index in [2.05, 4.69) is 16.4 Å². The van der Waals surface area contributed by atoms with Crippen molar-refractivity contribution < 1.29 is 13.9 Å². The average molecular weight is 604 g/mol. The van der Waals surface area contributed by atoms with Gasteiger partial charge in [-0.15, -0.1) is 11.3 Å². The molecule has 1 aliphatic rings. The van der Waals surface area contributed by atoms with Crippen molar-refractivity contribution in [1.82, 2.24) is 14.8 Å². The Labute approximate surface area is 253 Å². The largest absolute Gasteiger partial charge is 0.374 e. The molecule has 0 aliphatic carbocycles. The molecule has 1 N–H and O–H groups in total. The average Bonchev–Trinajstić information content (AvgIpc) is 3.35. The topological polar surface area (TPSA) is 81.5 Å². The summed E-state index contributed by atoms with van der Waals surface area (Å²) >= 11 is 7.72. The first-order valence-corrected chi connectivity index (χ1v) is 14.8. The Morgan fingerprint density at radius 3 is 2.86 bits per heavy atom. The number of carbonyl (C=O) groups excluding carboxylic acids is 1. The normalized spacial score (nSPS) is 13.9. The van der Waals surface area contributed by atoms with Gasteiger partial charge in [0.15, 0.2) is 0 Å². The molecule has 42 heavy (non-hydrogen) atoms. The number of likely N-dealkylation sites (N-methyl/N-ethyl adjacent to an activating group) is 1. The van der Waals surface area contributed by atoms with Gasteiger partial charge in [-0.1, -0.05) is 41.9 Å². The number of pyridine rings is 1. The lowest BCUT2D eigenvalue weighted by Crippen LogP contribution is -2.34. The molecule has 216 valence electrons. The number of fused-ring (bicyclic) bond motifs is 3. The maximum absolute atomic E-state index is 13.7. The third kappa shape index (κ3) is 6.97. The van der Waals surface area contributed by atoms with Gasteiger partial charge in [-0.25, -0.2) is 9.37 Å². The van der Waals surface area contributed by atoms with Crippen molar-refractivity contribution in [2.75, 3.05) is 39.1 Å². The summed E-state index contributed by atoms with van der Waals surface area (Å²) in [6.45, 7) is 2.28. The fraction of sp³-hybridized carbons (Fsp3) is 0.281. The lowest BCUT2D eigenvalue weighted by atomic mass is 10.0. The molecule has 0 saturated carbocycles. The van der Waals surface area contributed by atoms with Crippen molar-refractivity contribution in [2.24, 2.45) is 0 Å². The zero-order chi connectivity index (χ0) is 29.6. The lowest BCUT2D eigenvalue weighted by molar-refractivity contribution is -0.126. The van der Waals surface area contributed by atoms with Crippen molar-refractivity contribution in [3.63, 3.8) is 0 Å². The minimum atomic E-state index is -0.326. The number of rotatable bonds is 10. The van der Waals surface area contributed by atoms with E-state index in [0.717, 1.165) is 31.8 Å². The standard InChI is InChI=1S/C32H31ClFN5O2S/c1-38(2)13-4-7-29(40)39-14-12-26-28(18-39)42-32-30(26)31(23(16-35)17-36-32)37-27(22-8-10-24(33)11-9-22)20-41-19-21-5-3-6-25(34)15-21/h3-11,15,17,27H,12-14,18-20H2,1-2H3,(H,36,37)/t27-/m1/s1. The zero-order valence-corrected chi connectivity index (χ0v) is 25.0. The molecule has 1 aliphatic heterocycles. The van der Waals surface area contributed by atoms with Gasteiger partial charge in [0.1, 0.15) is 16.7 Å². The van der Waals surface area contributed by atoms with Gasteiger partial charge in [-0.3, -0.25) is 4.79 Å².